The monoisotopic (exact) mass is 495 g/mol. The summed E-state index contributed by atoms with van der Waals surface area (Å²) in [5.74, 6) is -0.755. The van der Waals surface area contributed by atoms with Crippen molar-refractivity contribution in [1.82, 2.24) is 19.1 Å². The molecule has 0 aliphatic heterocycles. The molecular weight excluding hydrogens is 466 g/mol. The fourth-order valence-corrected chi connectivity index (χ4v) is 4.95. The highest BCUT2D eigenvalue weighted by molar-refractivity contribution is 7.20. The van der Waals surface area contributed by atoms with Crippen LogP contribution in [0.25, 0.3) is 15.9 Å². The number of nitrogens with zero attached hydrogens (tertiary/aromatic N) is 4. The SMILES string of the molecule is Cc1nn(CC(C)C)c2sc(C(=O)O[C@H](C)C(=O)Nc3c(C)n(C)n(-c4ccccc4)c3=O)cc12. The summed E-state index contributed by atoms with van der Waals surface area (Å²) in [6.07, 6.45) is -1.09. The molecule has 0 unspecified atom stereocenters. The summed E-state index contributed by atoms with van der Waals surface area (Å²) in [7, 11) is 1.74. The number of thiophene rings is 1. The van der Waals surface area contributed by atoms with Crippen molar-refractivity contribution in [3.63, 3.8) is 0 Å². The van der Waals surface area contributed by atoms with Crippen LogP contribution in [0.5, 0.6) is 0 Å². The molecule has 0 fully saturated rings. The molecule has 184 valence electrons. The number of para-hydroxylation sites is 1. The second kappa shape index (κ2) is 9.53. The first-order valence-electron chi connectivity index (χ1n) is 11.4. The summed E-state index contributed by atoms with van der Waals surface area (Å²) >= 11 is 1.30. The lowest BCUT2D eigenvalue weighted by Crippen LogP contribution is -2.32. The molecule has 0 bridgehead atoms. The van der Waals surface area contributed by atoms with Crippen molar-refractivity contribution in [3.8, 4) is 5.69 Å². The molecule has 0 saturated heterocycles. The smallest absolute Gasteiger partial charge is 0.349 e. The Morgan fingerprint density at radius 1 is 1.14 bits per heavy atom. The number of benzene rings is 1. The second-order valence-corrected chi connectivity index (χ2v) is 9.99. The molecule has 0 saturated carbocycles. The molecule has 0 aliphatic carbocycles. The van der Waals surface area contributed by atoms with Crippen LogP contribution in [0.1, 0.15) is 41.8 Å². The third-order valence-electron chi connectivity index (χ3n) is 5.80. The molecule has 35 heavy (non-hydrogen) atoms. The lowest BCUT2D eigenvalue weighted by atomic mass is 10.2. The van der Waals surface area contributed by atoms with E-state index in [2.05, 4.69) is 24.3 Å². The van der Waals surface area contributed by atoms with E-state index in [9.17, 15) is 14.4 Å². The first-order chi connectivity index (χ1) is 16.6. The maximum Gasteiger partial charge on any atom is 0.349 e. The van der Waals surface area contributed by atoms with Crippen LogP contribution in [0.3, 0.4) is 0 Å². The van der Waals surface area contributed by atoms with E-state index >= 15 is 0 Å². The van der Waals surface area contributed by atoms with Gasteiger partial charge < -0.3 is 10.1 Å². The van der Waals surface area contributed by atoms with Gasteiger partial charge in [0.15, 0.2) is 6.10 Å². The molecule has 9 nitrogen and oxygen atoms in total. The molecule has 1 N–H and O–H groups in total. The number of carbonyl (C=O) groups excluding carboxylic acids is 2. The minimum Gasteiger partial charge on any atom is -0.448 e. The van der Waals surface area contributed by atoms with Crippen LogP contribution >= 0.6 is 11.3 Å². The molecule has 0 aliphatic rings. The number of hydrogen-bond donors (Lipinski definition) is 1. The number of hydrogen-bond acceptors (Lipinski definition) is 6. The van der Waals surface area contributed by atoms with Gasteiger partial charge in [-0.3, -0.25) is 19.0 Å². The molecule has 3 aromatic heterocycles. The van der Waals surface area contributed by atoms with E-state index < -0.39 is 18.0 Å². The number of anilines is 1. The Kier molecular flexibility index (Phi) is 6.66. The van der Waals surface area contributed by atoms with E-state index in [1.165, 1.54) is 22.9 Å². The number of nitrogens with one attached hydrogen (secondary N) is 1. The standard InChI is InChI=1S/C25H29N5O4S/c1-14(2)13-29-24-19(15(3)27-29)12-20(35-24)25(33)34-17(5)22(31)26-21-16(4)28(6)30(23(21)32)18-10-8-7-9-11-18/h7-12,14,17H,13H2,1-6H3,(H,26,31)/t17-/m1/s1. The van der Waals surface area contributed by atoms with Gasteiger partial charge in [0.1, 0.15) is 15.4 Å². The minimum atomic E-state index is -1.09. The highest BCUT2D eigenvalue weighted by atomic mass is 32.1. The van der Waals surface area contributed by atoms with E-state index in [0.717, 1.165) is 22.5 Å². The molecule has 1 atom stereocenters. The van der Waals surface area contributed by atoms with E-state index in [0.29, 0.717) is 22.2 Å². The number of aryl methyl sites for hydroxylation is 1. The fraction of sp³-hybridized carbons (Fsp3) is 0.360. The van der Waals surface area contributed by atoms with Crippen molar-refractivity contribution in [1.29, 1.82) is 0 Å². The fourth-order valence-electron chi connectivity index (χ4n) is 3.89. The molecular formula is C25H29N5O4S. The van der Waals surface area contributed by atoms with Crippen molar-refractivity contribution in [3.05, 3.63) is 63.0 Å². The number of ether oxygens (including phenoxy) is 1. The van der Waals surface area contributed by atoms with Crippen molar-refractivity contribution < 1.29 is 14.3 Å². The number of carbonyl (C=O) groups is 2. The first kappa shape index (κ1) is 24.5. The highest BCUT2D eigenvalue weighted by Crippen LogP contribution is 2.29. The van der Waals surface area contributed by atoms with Crippen molar-refractivity contribution >= 4 is 39.1 Å². The van der Waals surface area contributed by atoms with E-state index in [1.54, 1.807) is 24.7 Å². The highest BCUT2D eigenvalue weighted by Gasteiger charge is 2.25. The summed E-state index contributed by atoms with van der Waals surface area (Å²) in [5, 5.41) is 8.10. The van der Waals surface area contributed by atoms with Crippen LogP contribution in [-0.4, -0.2) is 37.1 Å². The molecule has 1 amide bonds. The van der Waals surface area contributed by atoms with Gasteiger partial charge in [-0.2, -0.15) is 5.10 Å². The average Bonchev–Trinajstić information content (AvgIpc) is 3.43. The summed E-state index contributed by atoms with van der Waals surface area (Å²) < 4.78 is 10.5. The third-order valence-corrected chi connectivity index (χ3v) is 6.93. The van der Waals surface area contributed by atoms with Crippen LogP contribution in [0.15, 0.2) is 41.2 Å². The Labute approximate surface area is 206 Å². The van der Waals surface area contributed by atoms with E-state index in [4.69, 9.17) is 4.74 Å². The molecule has 3 heterocycles. The number of esters is 1. The van der Waals surface area contributed by atoms with Gasteiger partial charge in [-0.1, -0.05) is 32.0 Å². The van der Waals surface area contributed by atoms with Crippen LogP contribution < -0.4 is 10.9 Å². The molecule has 4 rings (SSSR count). The Balaban J connectivity index is 1.51. The first-order valence-corrected chi connectivity index (χ1v) is 12.2. The predicted molar refractivity (Wildman–Crippen MR) is 136 cm³/mol. The summed E-state index contributed by atoms with van der Waals surface area (Å²) in [6, 6.07) is 10.9. The third kappa shape index (κ3) is 4.66. The zero-order chi connectivity index (χ0) is 25.4. The lowest BCUT2D eigenvalue weighted by Gasteiger charge is -2.12. The van der Waals surface area contributed by atoms with Crippen molar-refractivity contribution in [2.24, 2.45) is 13.0 Å². The summed E-state index contributed by atoms with van der Waals surface area (Å²) in [5.41, 5.74) is 1.89. The van der Waals surface area contributed by atoms with Crippen molar-refractivity contribution in [2.45, 2.75) is 47.3 Å². The predicted octanol–water partition coefficient (Wildman–Crippen LogP) is 4.04. The van der Waals surface area contributed by atoms with Crippen LogP contribution in [-0.2, 0) is 23.1 Å². The second-order valence-electron chi connectivity index (χ2n) is 8.96. The number of amides is 1. The molecule has 1 aromatic carbocycles. The van der Waals surface area contributed by atoms with Gasteiger partial charge in [-0.05, 0) is 44.9 Å². The van der Waals surface area contributed by atoms with E-state index in [-0.39, 0.29) is 11.2 Å². The molecule has 4 aromatic rings. The number of rotatable bonds is 7. The van der Waals surface area contributed by atoms with Gasteiger partial charge in [0.05, 0.1) is 17.1 Å². The number of aromatic nitrogens is 4. The van der Waals surface area contributed by atoms with Gasteiger partial charge >= 0.3 is 5.97 Å². The van der Waals surface area contributed by atoms with Crippen LogP contribution in [0, 0.1) is 19.8 Å². The van der Waals surface area contributed by atoms with Crippen molar-refractivity contribution in [2.75, 3.05) is 5.32 Å². The van der Waals surface area contributed by atoms with Gasteiger partial charge in [0.25, 0.3) is 11.5 Å². The molecule has 10 heteroatoms. The molecule has 0 radical (unpaired) electrons. The average molecular weight is 496 g/mol. The summed E-state index contributed by atoms with van der Waals surface area (Å²) in [6.45, 7) is 10.1. The van der Waals surface area contributed by atoms with Crippen LogP contribution in [0.2, 0.25) is 0 Å². The van der Waals surface area contributed by atoms with Gasteiger partial charge in [-0.15, -0.1) is 11.3 Å². The maximum absolute atomic E-state index is 13.0. The Bertz CT molecular complexity index is 1460. The Hall–Kier alpha value is -3.66. The summed E-state index contributed by atoms with van der Waals surface area (Å²) in [4.78, 5) is 40.0. The number of fused-ring (bicyclic) bond motifs is 1. The molecule has 0 spiro atoms. The lowest BCUT2D eigenvalue weighted by molar-refractivity contribution is -0.123. The van der Waals surface area contributed by atoms with E-state index in [1.807, 2.05) is 41.9 Å². The Morgan fingerprint density at radius 2 is 1.83 bits per heavy atom. The normalized spacial score (nSPS) is 12.3. The zero-order valence-corrected chi connectivity index (χ0v) is 21.5. The van der Waals surface area contributed by atoms with Gasteiger partial charge in [0.2, 0.25) is 0 Å². The zero-order valence-electron chi connectivity index (χ0n) is 20.7. The maximum atomic E-state index is 13.0. The largest absolute Gasteiger partial charge is 0.448 e. The Morgan fingerprint density at radius 3 is 2.49 bits per heavy atom. The van der Waals surface area contributed by atoms with Gasteiger partial charge in [0, 0.05) is 19.0 Å². The minimum absolute atomic E-state index is 0.149. The van der Waals surface area contributed by atoms with Crippen LogP contribution in [0.4, 0.5) is 5.69 Å². The quantitative estimate of drug-likeness (QED) is 0.390. The van der Waals surface area contributed by atoms with Gasteiger partial charge in [-0.25, -0.2) is 9.48 Å². The topological polar surface area (TPSA) is 100 Å².